The third kappa shape index (κ3) is 2.76. The van der Waals surface area contributed by atoms with Gasteiger partial charge in [0.1, 0.15) is 0 Å². The van der Waals surface area contributed by atoms with E-state index < -0.39 is 0 Å². The van der Waals surface area contributed by atoms with Crippen molar-refractivity contribution in [2.24, 2.45) is 0 Å². The lowest BCUT2D eigenvalue weighted by atomic mass is 10.00. The second-order valence-electron chi connectivity index (χ2n) is 5.74. The van der Waals surface area contributed by atoms with Gasteiger partial charge in [0.25, 0.3) is 0 Å². The Kier molecular flexibility index (Phi) is 3.75. The molecule has 0 unspecified atom stereocenters. The molecule has 0 saturated carbocycles. The monoisotopic (exact) mass is 338 g/mol. The predicted octanol–water partition coefficient (Wildman–Crippen LogP) is 4.71. The number of anilines is 2. The van der Waals surface area contributed by atoms with Crippen LogP contribution in [0.5, 0.6) is 0 Å². The van der Waals surface area contributed by atoms with E-state index in [1.54, 1.807) is 12.5 Å². The molecule has 0 bridgehead atoms. The molecule has 5 heteroatoms. The van der Waals surface area contributed by atoms with Crippen molar-refractivity contribution >= 4 is 28.9 Å². The van der Waals surface area contributed by atoms with Crippen LogP contribution in [-0.2, 0) is 17.8 Å². The van der Waals surface area contributed by atoms with E-state index in [1.807, 2.05) is 42.5 Å². The highest BCUT2D eigenvalue weighted by atomic mass is 35.5. The molecule has 0 aliphatic carbocycles. The molecular weight excluding hydrogens is 324 g/mol. The summed E-state index contributed by atoms with van der Waals surface area (Å²) in [5.41, 5.74) is 5.81. The maximum absolute atomic E-state index is 11.6. The van der Waals surface area contributed by atoms with Gasteiger partial charge in [-0.25, -0.2) is 0 Å². The number of furan rings is 1. The quantitative estimate of drug-likeness (QED) is 0.724. The van der Waals surface area contributed by atoms with Gasteiger partial charge in [0.15, 0.2) is 0 Å². The SMILES string of the molecule is O=C1Cc2cc(-c3c(Cl)cccc3NCc3ccoc3)ccc2N1. The molecule has 120 valence electrons. The standard InChI is InChI=1S/C19H15ClN2O2/c20-15-2-1-3-17(21-10-12-6-7-24-11-12)19(15)13-4-5-16-14(8-13)9-18(23)22-16/h1-8,11,21H,9-10H2,(H,22,23). The number of amides is 1. The molecule has 2 N–H and O–H groups in total. The highest BCUT2D eigenvalue weighted by Gasteiger charge is 2.19. The summed E-state index contributed by atoms with van der Waals surface area (Å²) >= 11 is 6.46. The summed E-state index contributed by atoms with van der Waals surface area (Å²) in [6.07, 6.45) is 3.77. The van der Waals surface area contributed by atoms with Crippen LogP contribution in [0.25, 0.3) is 11.1 Å². The van der Waals surface area contributed by atoms with Crippen molar-refractivity contribution in [3.63, 3.8) is 0 Å². The molecule has 0 radical (unpaired) electrons. The molecule has 4 rings (SSSR count). The second kappa shape index (κ2) is 6.06. The van der Waals surface area contributed by atoms with E-state index in [1.165, 1.54) is 0 Å². The van der Waals surface area contributed by atoms with E-state index in [4.69, 9.17) is 16.0 Å². The van der Waals surface area contributed by atoms with Crippen molar-refractivity contribution in [1.82, 2.24) is 0 Å². The highest BCUT2D eigenvalue weighted by Crippen LogP contribution is 2.37. The van der Waals surface area contributed by atoms with Crippen LogP contribution in [0.15, 0.2) is 59.4 Å². The van der Waals surface area contributed by atoms with Crippen molar-refractivity contribution < 1.29 is 9.21 Å². The molecule has 0 saturated heterocycles. The van der Waals surface area contributed by atoms with Gasteiger partial charge in [-0.3, -0.25) is 4.79 Å². The second-order valence-corrected chi connectivity index (χ2v) is 6.15. The normalized spacial score (nSPS) is 12.8. The van der Waals surface area contributed by atoms with E-state index in [0.29, 0.717) is 18.0 Å². The van der Waals surface area contributed by atoms with Crippen LogP contribution in [0.4, 0.5) is 11.4 Å². The summed E-state index contributed by atoms with van der Waals surface area (Å²) in [5.74, 6) is 0.0274. The zero-order chi connectivity index (χ0) is 16.5. The summed E-state index contributed by atoms with van der Waals surface area (Å²) in [7, 11) is 0. The van der Waals surface area contributed by atoms with Gasteiger partial charge in [0.05, 0.1) is 24.0 Å². The van der Waals surface area contributed by atoms with Crippen molar-refractivity contribution in [2.75, 3.05) is 10.6 Å². The number of nitrogens with one attached hydrogen (secondary N) is 2. The summed E-state index contributed by atoms with van der Waals surface area (Å²) in [6, 6.07) is 13.6. The first-order chi connectivity index (χ1) is 11.7. The molecule has 24 heavy (non-hydrogen) atoms. The van der Waals surface area contributed by atoms with Gasteiger partial charge in [-0.2, -0.15) is 0 Å². The fourth-order valence-electron chi connectivity index (χ4n) is 2.94. The molecule has 1 aliphatic rings. The molecule has 4 nitrogen and oxygen atoms in total. The minimum absolute atomic E-state index is 0.0274. The van der Waals surface area contributed by atoms with Crippen LogP contribution < -0.4 is 10.6 Å². The number of fused-ring (bicyclic) bond motifs is 1. The number of halogens is 1. The largest absolute Gasteiger partial charge is 0.472 e. The van der Waals surface area contributed by atoms with E-state index in [-0.39, 0.29) is 5.91 Å². The van der Waals surface area contributed by atoms with Crippen LogP contribution in [0, 0.1) is 0 Å². The van der Waals surface area contributed by atoms with E-state index >= 15 is 0 Å². The maximum Gasteiger partial charge on any atom is 0.228 e. The molecule has 1 amide bonds. The molecule has 2 heterocycles. The van der Waals surface area contributed by atoms with E-state index in [0.717, 1.165) is 33.6 Å². The first kappa shape index (κ1) is 14.8. The lowest BCUT2D eigenvalue weighted by Gasteiger charge is -2.14. The number of carbonyl (C=O) groups is 1. The van der Waals surface area contributed by atoms with Crippen molar-refractivity contribution in [2.45, 2.75) is 13.0 Å². The molecular formula is C19H15ClN2O2. The Morgan fingerprint density at radius 3 is 2.96 bits per heavy atom. The Balaban J connectivity index is 1.70. The number of rotatable bonds is 4. The Morgan fingerprint density at radius 1 is 1.21 bits per heavy atom. The Morgan fingerprint density at radius 2 is 2.12 bits per heavy atom. The van der Waals surface area contributed by atoms with Crippen LogP contribution in [0.1, 0.15) is 11.1 Å². The van der Waals surface area contributed by atoms with Crippen LogP contribution in [0.3, 0.4) is 0 Å². The van der Waals surface area contributed by atoms with E-state index in [9.17, 15) is 4.79 Å². The molecule has 3 aromatic rings. The third-order valence-electron chi connectivity index (χ3n) is 4.10. The third-order valence-corrected chi connectivity index (χ3v) is 4.41. The lowest BCUT2D eigenvalue weighted by Crippen LogP contribution is -2.03. The first-order valence-corrected chi connectivity index (χ1v) is 8.05. The minimum atomic E-state index is 0.0274. The fourth-order valence-corrected chi connectivity index (χ4v) is 3.22. The van der Waals surface area contributed by atoms with E-state index in [2.05, 4.69) is 10.6 Å². The van der Waals surface area contributed by atoms with Crippen molar-refractivity contribution in [3.05, 3.63) is 71.1 Å². The summed E-state index contributed by atoms with van der Waals surface area (Å²) in [6.45, 7) is 0.648. The van der Waals surface area contributed by atoms with Crippen LogP contribution in [-0.4, -0.2) is 5.91 Å². The van der Waals surface area contributed by atoms with Gasteiger partial charge in [-0.15, -0.1) is 0 Å². The van der Waals surface area contributed by atoms with Crippen molar-refractivity contribution in [1.29, 1.82) is 0 Å². The summed E-state index contributed by atoms with van der Waals surface area (Å²) in [5, 5.41) is 6.93. The Bertz CT molecular complexity index is 904. The van der Waals surface area contributed by atoms with Gasteiger partial charge >= 0.3 is 0 Å². The first-order valence-electron chi connectivity index (χ1n) is 7.67. The average Bonchev–Trinajstić information content (AvgIpc) is 3.20. The molecule has 1 aromatic heterocycles. The number of hydrogen-bond donors (Lipinski definition) is 2. The van der Waals surface area contributed by atoms with Gasteiger partial charge < -0.3 is 15.1 Å². The van der Waals surface area contributed by atoms with Gasteiger partial charge in [-0.05, 0) is 41.5 Å². The van der Waals surface area contributed by atoms with Gasteiger partial charge in [0.2, 0.25) is 5.91 Å². The zero-order valence-corrected chi connectivity index (χ0v) is 13.6. The smallest absolute Gasteiger partial charge is 0.228 e. The van der Waals surface area contributed by atoms with Gasteiger partial charge in [0, 0.05) is 29.0 Å². The maximum atomic E-state index is 11.6. The zero-order valence-electron chi connectivity index (χ0n) is 12.8. The fraction of sp³-hybridized carbons (Fsp3) is 0.105. The van der Waals surface area contributed by atoms with Crippen LogP contribution in [0.2, 0.25) is 5.02 Å². The molecule has 2 aromatic carbocycles. The predicted molar refractivity (Wildman–Crippen MR) is 95.3 cm³/mol. The molecule has 0 spiro atoms. The van der Waals surface area contributed by atoms with Gasteiger partial charge in [-0.1, -0.05) is 23.7 Å². The number of hydrogen-bond acceptors (Lipinski definition) is 3. The Hall–Kier alpha value is -2.72. The minimum Gasteiger partial charge on any atom is -0.472 e. The van der Waals surface area contributed by atoms with Crippen molar-refractivity contribution in [3.8, 4) is 11.1 Å². The number of carbonyl (C=O) groups excluding carboxylic acids is 1. The Labute approximate surface area is 144 Å². The molecule has 0 fully saturated rings. The summed E-state index contributed by atoms with van der Waals surface area (Å²) in [4.78, 5) is 11.6. The molecule has 1 aliphatic heterocycles. The number of benzene rings is 2. The highest BCUT2D eigenvalue weighted by molar-refractivity contribution is 6.34. The molecule has 0 atom stereocenters. The lowest BCUT2D eigenvalue weighted by molar-refractivity contribution is -0.115. The van der Waals surface area contributed by atoms with Crippen LogP contribution >= 0.6 is 11.6 Å². The topological polar surface area (TPSA) is 54.3 Å². The average molecular weight is 339 g/mol. The summed E-state index contributed by atoms with van der Waals surface area (Å²) < 4.78 is 5.10.